The molecule has 2 heterocycles. The monoisotopic (exact) mass is 207 g/mol. The Labute approximate surface area is 91.5 Å². The van der Waals surface area contributed by atoms with Gasteiger partial charge in [0.05, 0.1) is 0 Å². The lowest BCUT2D eigenvalue weighted by Gasteiger charge is -1.90. The van der Waals surface area contributed by atoms with Gasteiger partial charge in [-0.1, -0.05) is 18.2 Å². The third-order valence-corrected chi connectivity index (χ3v) is 3.07. The number of furan rings is 1. The zero-order valence-electron chi connectivity index (χ0n) is 8.53. The Bertz CT molecular complexity index is 807. The van der Waals surface area contributed by atoms with Crippen LogP contribution in [0.2, 0.25) is 0 Å². The number of aromatic amines is 1. The number of fused-ring (bicyclic) bond motifs is 5. The van der Waals surface area contributed by atoms with E-state index in [9.17, 15) is 0 Å². The van der Waals surface area contributed by atoms with Gasteiger partial charge >= 0.3 is 0 Å². The van der Waals surface area contributed by atoms with Crippen molar-refractivity contribution in [3.05, 3.63) is 48.7 Å². The van der Waals surface area contributed by atoms with Crippen LogP contribution in [0.1, 0.15) is 0 Å². The summed E-state index contributed by atoms with van der Waals surface area (Å²) in [6, 6.07) is 14.4. The highest BCUT2D eigenvalue weighted by atomic mass is 16.3. The first-order chi connectivity index (χ1) is 7.93. The molecule has 0 radical (unpaired) electrons. The lowest BCUT2D eigenvalue weighted by Crippen LogP contribution is -1.68. The van der Waals surface area contributed by atoms with E-state index in [1.54, 1.807) is 0 Å². The molecule has 4 aromatic rings. The third kappa shape index (κ3) is 0.865. The van der Waals surface area contributed by atoms with E-state index < -0.39 is 0 Å². The molecule has 0 saturated carbocycles. The first kappa shape index (κ1) is 7.99. The summed E-state index contributed by atoms with van der Waals surface area (Å²) in [7, 11) is 0. The number of nitrogens with one attached hydrogen (secondary N) is 1. The molecule has 0 spiro atoms. The Balaban J connectivity index is 2.38. The van der Waals surface area contributed by atoms with E-state index in [-0.39, 0.29) is 0 Å². The van der Waals surface area contributed by atoms with Crippen molar-refractivity contribution >= 4 is 32.8 Å². The topological polar surface area (TPSA) is 28.9 Å². The van der Waals surface area contributed by atoms with Gasteiger partial charge in [0, 0.05) is 27.9 Å². The molecule has 4 rings (SSSR count). The first-order valence-electron chi connectivity index (χ1n) is 5.31. The van der Waals surface area contributed by atoms with E-state index in [1.807, 2.05) is 24.4 Å². The summed E-state index contributed by atoms with van der Waals surface area (Å²) in [5.41, 5.74) is 3.04. The molecule has 2 heteroatoms. The van der Waals surface area contributed by atoms with E-state index in [4.69, 9.17) is 4.42 Å². The van der Waals surface area contributed by atoms with Crippen molar-refractivity contribution < 1.29 is 4.42 Å². The minimum Gasteiger partial charge on any atom is -0.455 e. The maximum absolute atomic E-state index is 5.90. The summed E-state index contributed by atoms with van der Waals surface area (Å²) in [6.45, 7) is 0. The molecule has 0 fully saturated rings. The standard InChI is InChI=1S/C14H9NO/c1-2-4-13-9(3-1)10-5-6-12-11(7-8-15-12)14(10)16-13/h1-8,15H. The average molecular weight is 207 g/mol. The second-order valence-corrected chi connectivity index (χ2v) is 3.98. The van der Waals surface area contributed by atoms with Gasteiger partial charge in [-0.25, -0.2) is 0 Å². The van der Waals surface area contributed by atoms with Crippen molar-refractivity contribution in [3.63, 3.8) is 0 Å². The molecule has 0 aliphatic rings. The highest BCUT2D eigenvalue weighted by molar-refractivity contribution is 6.14. The van der Waals surface area contributed by atoms with Crippen LogP contribution in [0.5, 0.6) is 0 Å². The SMILES string of the molecule is c1ccc2c(c1)oc1c3cc[nH]c3ccc21. The van der Waals surface area contributed by atoms with Crippen molar-refractivity contribution in [2.75, 3.05) is 0 Å². The number of aromatic nitrogens is 1. The van der Waals surface area contributed by atoms with E-state index >= 15 is 0 Å². The van der Waals surface area contributed by atoms with Gasteiger partial charge in [-0.05, 0) is 24.3 Å². The second kappa shape index (κ2) is 2.67. The Morgan fingerprint density at radius 2 is 1.75 bits per heavy atom. The molecule has 2 nitrogen and oxygen atoms in total. The highest BCUT2D eigenvalue weighted by Crippen LogP contribution is 2.33. The highest BCUT2D eigenvalue weighted by Gasteiger charge is 2.09. The molecule has 0 unspecified atom stereocenters. The number of hydrogen-bond acceptors (Lipinski definition) is 1. The molecule has 0 saturated heterocycles. The van der Waals surface area contributed by atoms with Gasteiger partial charge in [0.2, 0.25) is 0 Å². The zero-order chi connectivity index (χ0) is 10.5. The molecular weight excluding hydrogens is 198 g/mol. The van der Waals surface area contributed by atoms with Crippen LogP contribution in [-0.2, 0) is 0 Å². The van der Waals surface area contributed by atoms with Gasteiger partial charge in [-0.2, -0.15) is 0 Å². The fourth-order valence-corrected chi connectivity index (χ4v) is 2.32. The Morgan fingerprint density at radius 1 is 0.812 bits per heavy atom. The van der Waals surface area contributed by atoms with Gasteiger partial charge in [0.1, 0.15) is 11.2 Å². The molecular formula is C14H9NO. The molecule has 76 valence electrons. The molecule has 1 N–H and O–H groups in total. The fourth-order valence-electron chi connectivity index (χ4n) is 2.32. The van der Waals surface area contributed by atoms with Gasteiger partial charge in [0.25, 0.3) is 0 Å². The van der Waals surface area contributed by atoms with E-state index in [0.717, 1.165) is 22.1 Å². The molecule has 0 amide bonds. The van der Waals surface area contributed by atoms with E-state index in [1.165, 1.54) is 10.8 Å². The largest absolute Gasteiger partial charge is 0.455 e. The summed E-state index contributed by atoms with van der Waals surface area (Å²) in [6.07, 6.45) is 1.94. The van der Waals surface area contributed by atoms with Gasteiger partial charge < -0.3 is 9.40 Å². The molecule has 0 bridgehead atoms. The average Bonchev–Trinajstić information content (AvgIpc) is 2.92. The van der Waals surface area contributed by atoms with Crippen LogP contribution < -0.4 is 0 Å². The lowest BCUT2D eigenvalue weighted by molar-refractivity contribution is 0.673. The van der Waals surface area contributed by atoms with Gasteiger partial charge in [-0.3, -0.25) is 0 Å². The van der Waals surface area contributed by atoms with E-state index in [0.29, 0.717) is 0 Å². The van der Waals surface area contributed by atoms with Gasteiger partial charge in [0.15, 0.2) is 0 Å². The van der Waals surface area contributed by atoms with Crippen LogP contribution in [0.15, 0.2) is 53.1 Å². The number of hydrogen-bond donors (Lipinski definition) is 1. The third-order valence-electron chi connectivity index (χ3n) is 3.07. The van der Waals surface area contributed by atoms with Crippen molar-refractivity contribution in [1.29, 1.82) is 0 Å². The van der Waals surface area contributed by atoms with E-state index in [2.05, 4.69) is 29.2 Å². The summed E-state index contributed by atoms with van der Waals surface area (Å²) >= 11 is 0. The summed E-state index contributed by atoms with van der Waals surface area (Å²) in [5.74, 6) is 0. The van der Waals surface area contributed by atoms with Crippen LogP contribution in [0.4, 0.5) is 0 Å². The predicted octanol–water partition coefficient (Wildman–Crippen LogP) is 4.07. The fraction of sp³-hybridized carbons (Fsp3) is 0. The molecule has 2 aromatic carbocycles. The van der Waals surface area contributed by atoms with Crippen molar-refractivity contribution in [1.82, 2.24) is 4.98 Å². The molecule has 0 atom stereocenters. The lowest BCUT2D eigenvalue weighted by atomic mass is 10.1. The smallest absolute Gasteiger partial charge is 0.144 e. The first-order valence-corrected chi connectivity index (χ1v) is 5.31. The zero-order valence-corrected chi connectivity index (χ0v) is 8.53. The minimum absolute atomic E-state index is 0.950. The summed E-state index contributed by atoms with van der Waals surface area (Å²) in [4.78, 5) is 3.20. The van der Waals surface area contributed by atoms with Crippen LogP contribution in [-0.4, -0.2) is 4.98 Å². The number of para-hydroxylation sites is 1. The Morgan fingerprint density at radius 3 is 2.75 bits per heavy atom. The minimum atomic E-state index is 0.950. The Kier molecular flexibility index (Phi) is 1.33. The molecule has 16 heavy (non-hydrogen) atoms. The van der Waals surface area contributed by atoms with Gasteiger partial charge in [-0.15, -0.1) is 0 Å². The normalized spacial score (nSPS) is 11.8. The number of H-pyrrole nitrogens is 1. The van der Waals surface area contributed by atoms with Crippen LogP contribution >= 0.6 is 0 Å². The van der Waals surface area contributed by atoms with Crippen LogP contribution in [0, 0.1) is 0 Å². The Hall–Kier alpha value is -2.22. The van der Waals surface area contributed by atoms with Crippen molar-refractivity contribution in [2.24, 2.45) is 0 Å². The number of rotatable bonds is 0. The number of benzene rings is 2. The predicted molar refractivity (Wildman–Crippen MR) is 65.6 cm³/mol. The summed E-state index contributed by atoms with van der Waals surface area (Å²) in [5, 5.41) is 3.51. The maximum Gasteiger partial charge on any atom is 0.144 e. The summed E-state index contributed by atoms with van der Waals surface area (Å²) < 4.78 is 5.90. The molecule has 2 aromatic heterocycles. The van der Waals surface area contributed by atoms with Crippen LogP contribution in [0.3, 0.4) is 0 Å². The molecule has 0 aliphatic carbocycles. The molecule has 0 aliphatic heterocycles. The maximum atomic E-state index is 5.90. The van der Waals surface area contributed by atoms with Crippen molar-refractivity contribution in [2.45, 2.75) is 0 Å². The van der Waals surface area contributed by atoms with Crippen molar-refractivity contribution in [3.8, 4) is 0 Å². The second-order valence-electron chi connectivity index (χ2n) is 3.98. The van der Waals surface area contributed by atoms with Crippen LogP contribution in [0.25, 0.3) is 32.8 Å². The quantitative estimate of drug-likeness (QED) is 0.462.